The molecule has 0 spiro atoms. The van der Waals surface area contributed by atoms with Crippen LogP contribution in [0.3, 0.4) is 0 Å². The molecule has 1 aromatic heterocycles. The van der Waals surface area contributed by atoms with Gasteiger partial charge in [-0.2, -0.15) is 0 Å². The molecule has 2 aliphatic heterocycles. The van der Waals surface area contributed by atoms with Gasteiger partial charge >= 0.3 is 6.03 Å². The maximum Gasteiger partial charge on any atom is 0.321 e. The van der Waals surface area contributed by atoms with Gasteiger partial charge < -0.3 is 20.0 Å². The van der Waals surface area contributed by atoms with Crippen LogP contribution >= 0.6 is 11.6 Å². The number of urea groups is 1. The van der Waals surface area contributed by atoms with E-state index in [0.717, 1.165) is 43.5 Å². The van der Waals surface area contributed by atoms with Gasteiger partial charge in [-0.3, -0.25) is 0 Å². The van der Waals surface area contributed by atoms with Crippen LogP contribution in [0, 0.1) is 0 Å². The van der Waals surface area contributed by atoms with Crippen molar-refractivity contribution >= 4 is 35.0 Å². The maximum absolute atomic E-state index is 12.5. The summed E-state index contributed by atoms with van der Waals surface area (Å²) in [5.41, 5.74) is 0.749. The van der Waals surface area contributed by atoms with Crippen LogP contribution < -0.4 is 15.1 Å². The fourth-order valence-electron chi connectivity index (χ4n) is 3.68. The number of amides is 2. The number of nitrogens with zero attached hydrogens (tertiary/aromatic N) is 5. The lowest BCUT2D eigenvalue weighted by molar-refractivity contribution is 0.208. The van der Waals surface area contributed by atoms with Crippen molar-refractivity contribution in [2.75, 3.05) is 54.4 Å². The SMILES string of the molecule is O=C(Nc1ccc(Cl)cc1)N1CCN(c2cc(N3CCCCC3)ncn2)CC1. The van der Waals surface area contributed by atoms with Gasteiger partial charge in [-0.15, -0.1) is 0 Å². The average Bonchev–Trinajstić information content (AvgIpc) is 2.76. The van der Waals surface area contributed by atoms with E-state index in [1.807, 2.05) is 4.90 Å². The molecule has 0 radical (unpaired) electrons. The highest BCUT2D eigenvalue weighted by molar-refractivity contribution is 6.30. The Bertz CT molecular complexity index is 801. The largest absolute Gasteiger partial charge is 0.356 e. The monoisotopic (exact) mass is 400 g/mol. The van der Waals surface area contributed by atoms with E-state index in [-0.39, 0.29) is 6.03 Å². The maximum atomic E-state index is 12.5. The topological polar surface area (TPSA) is 64.6 Å². The minimum Gasteiger partial charge on any atom is -0.356 e. The van der Waals surface area contributed by atoms with Crippen molar-refractivity contribution < 1.29 is 4.79 Å². The van der Waals surface area contributed by atoms with Crippen LogP contribution in [0.4, 0.5) is 22.1 Å². The smallest absolute Gasteiger partial charge is 0.321 e. The van der Waals surface area contributed by atoms with Gasteiger partial charge in [0.1, 0.15) is 18.0 Å². The number of anilines is 3. The molecule has 1 aromatic carbocycles. The second-order valence-corrected chi connectivity index (χ2v) is 7.63. The lowest BCUT2D eigenvalue weighted by Gasteiger charge is -2.36. The first kappa shape index (κ1) is 18.8. The Morgan fingerprint density at radius 3 is 2.11 bits per heavy atom. The Morgan fingerprint density at radius 1 is 0.857 bits per heavy atom. The molecule has 28 heavy (non-hydrogen) atoms. The first-order chi connectivity index (χ1) is 13.7. The first-order valence-corrected chi connectivity index (χ1v) is 10.2. The molecule has 3 heterocycles. The quantitative estimate of drug-likeness (QED) is 0.854. The molecule has 2 saturated heterocycles. The molecule has 4 rings (SSSR count). The van der Waals surface area contributed by atoms with Crippen LogP contribution in [-0.2, 0) is 0 Å². The molecule has 1 N–H and O–H groups in total. The lowest BCUT2D eigenvalue weighted by Crippen LogP contribution is -2.50. The predicted molar refractivity (Wildman–Crippen MR) is 112 cm³/mol. The zero-order valence-corrected chi connectivity index (χ0v) is 16.6. The molecule has 148 valence electrons. The number of piperazine rings is 1. The van der Waals surface area contributed by atoms with Gasteiger partial charge in [-0.1, -0.05) is 11.6 Å². The Balaban J connectivity index is 1.33. The van der Waals surface area contributed by atoms with Crippen molar-refractivity contribution in [2.24, 2.45) is 0 Å². The van der Waals surface area contributed by atoms with Crippen LogP contribution in [0.2, 0.25) is 5.02 Å². The number of halogens is 1. The summed E-state index contributed by atoms with van der Waals surface area (Å²) in [7, 11) is 0. The van der Waals surface area contributed by atoms with E-state index in [2.05, 4.69) is 31.2 Å². The third-order valence-corrected chi connectivity index (χ3v) is 5.56. The average molecular weight is 401 g/mol. The van der Waals surface area contributed by atoms with Gasteiger partial charge in [0, 0.05) is 56.0 Å². The molecule has 2 fully saturated rings. The molecule has 0 saturated carbocycles. The van der Waals surface area contributed by atoms with Crippen molar-refractivity contribution in [2.45, 2.75) is 19.3 Å². The van der Waals surface area contributed by atoms with Gasteiger partial charge in [0.05, 0.1) is 0 Å². The summed E-state index contributed by atoms with van der Waals surface area (Å²) in [6, 6.07) is 9.14. The normalized spacial score (nSPS) is 17.5. The summed E-state index contributed by atoms with van der Waals surface area (Å²) in [5.74, 6) is 1.95. The summed E-state index contributed by atoms with van der Waals surface area (Å²) in [5, 5.41) is 3.58. The van der Waals surface area contributed by atoms with E-state index in [4.69, 9.17) is 11.6 Å². The van der Waals surface area contributed by atoms with Crippen molar-refractivity contribution in [1.29, 1.82) is 0 Å². The number of rotatable bonds is 3. The van der Waals surface area contributed by atoms with Gasteiger partial charge in [0.2, 0.25) is 0 Å². The van der Waals surface area contributed by atoms with Crippen LogP contribution in [0.25, 0.3) is 0 Å². The third kappa shape index (κ3) is 4.47. The molecule has 0 aliphatic carbocycles. The molecule has 0 atom stereocenters. The Labute approximate surface area is 170 Å². The van der Waals surface area contributed by atoms with Crippen molar-refractivity contribution in [3.8, 4) is 0 Å². The summed E-state index contributed by atoms with van der Waals surface area (Å²) >= 11 is 5.89. The van der Waals surface area contributed by atoms with E-state index >= 15 is 0 Å². The van der Waals surface area contributed by atoms with E-state index in [1.165, 1.54) is 19.3 Å². The van der Waals surface area contributed by atoms with Crippen molar-refractivity contribution in [1.82, 2.24) is 14.9 Å². The highest BCUT2D eigenvalue weighted by Crippen LogP contribution is 2.22. The first-order valence-electron chi connectivity index (χ1n) is 9.82. The molecule has 8 heteroatoms. The van der Waals surface area contributed by atoms with E-state index in [9.17, 15) is 4.79 Å². The van der Waals surface area contributed by atoms with Gasteiger partial charge in [0.25, 0.3) is 0 Å². The number of carbonyl (C=O) groups excluding carboxylic acids is 1. The Kier molecular flexibility index (Phi) is 5.81. The second kappa shape index (κ2) is 8.65. The second-order valence-electron chi connectivity index (χ2n) is 7.19. The zero-order valence-electron chi connectivity index (χ0n) is 15.9. The van der Waals surface area contributed by atoms with Crippen LogP contribution in [-0.4, -0.2) is 60.2 Å². The highest BCUT2D eigenvalue weighted by Gasteiger charge is 2.23. The predicted octanol–water partition coefficient (Wildman–Crippen LogP) is 3.47. The fourth-order valence-corrected chi connectivity index (χ4v) is 3.81. The molecule has 7 nitrogen and oxygen atoms in total. The van der Waals surface area contributed by atoms with Crippen LogP contribution in [0.15, 0.2) is 36.7 Å². The summed E-state index contributed by atoms with van der Waals surface area (Å²) in [6.45, 7) is 4.95. The lowest BCUT2D eigenvalue weighted by atomic mass is 10.1. The standard InChI is InChI=1S/C20H25ClN6O/c21-16-4-6-17(7-5-16)24-20(28)27-12-10-26(11-13-27)19-14-18(22-15-23-19)25-8-2-1-3-9-25/h4-7,14-15H,1-3,8-13H2,(H,24,28). The molecular weight excluding hydrogens is 376 g/mol. The number of carbonyl (C=O) groups is 1. The molecule has 2 amide bonds. The van der Waals surface area contributed by atoms with Crippen molar-refractivity contribution in [3.05, 3.63) is 41.7 Å². The molecular formula is C20H25ClN6O. The number of aromatic nitrogens is 2. The minimum atomic E-state index is -0.0846. The number of hydrogen-bond acceptors (Lipinski definition) is 5. The van der Waals surface area contributed by atoms with E-state index < -0.39 is 0 Å². The number of hydrogen-bond donors (Lipinski definition) is 1. The Morgan fingerprint density at radius 2 is 1.46 bits per heavy atom. The minimum absolute atomic E-state index is 0.0846. The molecule has 2 aromatic rings. The number of piperidine rings is 1. The molecule has 2 aliphatic rings. The molecule has 0 bridgehead atoms. The number of nitrogens with one attached hydrogen (secondary N) is 1. The van der Waals surface area contributed by atoms with Gasteiger partial charge in [-0.05, 0) is 43.5 Å². The Hall–Kier alpha value is -2.54. The fraction of sp³-hybridized carbons (Fsp3) is 0.450. The van der Waals surface area contributed by atoms with Crippen LogP contribution in [0.5, 0.6) is 0 Å². The highest BCUT2D eigenvalue weighted by atomic mass is 35.5. The van der Waals surface area contributed by atoms with Gasteiger partial charge in [0.15, 0.2) is 0 Å². The van der Waals surface area contributed by atoms with E-state index in [1.54, 1.807) is 30.6 Å². The zero-order chi connectivity index (χ0) is 19.3. The van der Waals surface area contributed by atoms with Crippen molar-refractivity contribution in [3.63, 3.8) is 0 Å². The summed E-state index contributed by atoms with van der Waals surface area (Å²) in [6.07, 6.45) is 5.40. The van der Waals surface area contributed by atoms with Crippen LogP contribution in [0.1, 0.15) is 19.3 Å². The third-order valence-electron chi connectivity index (χ3n) is 5.30. The number of benzene rings is 1. The molecule has 0 unspecified atom stereocenters. The van der Waals surface area contributed by atoms with E-state index in [0.29, 0.717) is 18.1 Å². The summed E-state index contributed by atoms with van der Waals surface area (Å²) in [4.78, 5) is 27.8. The van der Waals surface area contributed by atoms with Gasteiger partial charge in [-0.25, -0.2) is 14.8 Å². The summed E-state index contributed by atoms with van der Waals surface area (Å²) < 4.78 is 0.